The maximum absolute atomic E-state index is 11.9. The van der Waals surface area contributed by atoms with Gasteiger partial charge < -0.3 is 21.1 Å². The van der Waals surface area contributed by atoms with Gasteiger partial charge in [0.2, 0.25) is 17.7 Å². The smallest absolute Gasteiger partial charge is 0.303 e. The van der Waals surface area contributed by atoms with Crippen LogP contribution in [0.4, 0.5) is 0 Å². The summed E-state index contributed by atoms with van der Waals surface area (Å²) in [6.07, 6.45) is 0.404. The maximum atomic E-state index is 11.9. The topological polar surface area (TPSA) is 130 Å². The van der Waals surface area contributed by atoms with Gasteiger partial charge in [0.1, 0.15) is 6.04 Å². The van der Waals surface area contributed by atoms with Crippen LogP contribution in [-0.2, 0) is 19.2 Å². The number of nitrogens with zero attached hydrogens (tertiary/aromatic N) is 1. The van der Waals surface area contributed by atoms with Crippen LogP contribution in [-0.4, -0.2) is 52.8 Å². The fraction of sp³-hybridized carbons (Fsp3) is 0.692. The summed E-state index contributed by atoms with van der Waals surface area (Å²) in [5.74, 6) is -2.15. The van der Waals surface area contributed by atoms with E-state index in [9.17, 15) is 19.2 Å². The lowest BCUT2D eigenvalue weighted by molar-refractivity contribution is -0.138. The molecule has 1 heterocycles. The third kappa shape index (κ3) is 5.05. The number of aliphatic carboxylic acids is 1. The fourth-order valence-electron chi connectivity index (χ4n) is 2.39. The molecular weight excluding hydrogens is 278 g/mol. The van der Waals surface area contributed by atoms with Crippen molar-refractivity contribution in [2.75, 3.05) is 13.1 Å². The number of amides is 3. The van der Waals surface area contributed by atoms with Crippen molar-refractivity contribution in [3.8, 4) is 0 Å². The fourth-order valence-corrected chi connectivity index (χ4v) is 2.39. The van der Waals surface area contributed by atoms with E-state index in [-0.39, 0.29) is 43.5 Å². The van der Waals surface area contributed by atoms with Crippen LogP contribution in [0.25, 0.3) is 0 Å². The summed E-state index contributed by atoms with van der Waals surface area (Å²) in [7, 11) is 0. The Hall–Kier alpha value is -2.12. The first-order valence-electron chi connectivity index (χ1n) is 6.92. The lowest BCUT2D eigenvalue weighted by Crippen LogP contribution is -2.45. The molecule has 3 amide bonds. The summed E-state index contributed by atoms with van der Waals surface area (Å²) in [5, 5.41) is 11.1. The third-order valence-electron chi connectivity index (χ3n) is 3.48. The molecule has 4 N–H and O–H groups in total. The molecule has 0 spiro atoms. The first kappa shape index (κ1) is 16.9. The minimum atomic E-state index is -1.03. The van der Waals surface area contributed by atoms with Gasteiger partial charge in [0.25, 0.3) is 0 Å². The average Bonchev–Trinajstić information content (AvgIpc) is 2.76. The Kier molecular flexibility index (Phi) is 6.13. The van der Waals surface area contributed by atoms with Crippen LogP contribution in [0.15, 0.2) is 0 Å². The second-order valence-electron chi connectivity index (χ2n) is 5.14. The van der Waals surface area contributed by atoms with Gasteiger partial charge in [-0.1, -0.05) is 6.92 Å². The minimum Gasteiger partial charge on any atom is -0.481 e. The summed E-state index contributed by atoms with van der Waals surface area (Å²) < 4.78 is 0. The van der Waals surface area contributed by atoms with Gasteiger partial charge in [-0.2, -0.15) is 0 Å². The second-order valence-corrected chi connectivity index (χ2v) is 5.14. The Balaban J connectivity index is 2.42. The molecule has 0 aromatic carbocycles. The molecule has 0 saturated carbocycles. The number of nitrogens with one attached hydrogen (secondary N) is 1. The lowest BCUT2D eigenvalue weighted by atomic mass is 10.1. The Bertz CT molecular complexity index is 438. The van der Waals surface area contributed by atoms with Gasteiger partial charge in [0, 0.05) is 31.8 Å². The quantitative estimate of drug-likeness (QED) is 0.533. The normalized spacial score (nSPS) is 19.4. The molecule has 21 heavy (non-hydrogen) atoms. The Labute approximate surface area is 122 Å². The van der Waals surface area contributed by atoms with Crippen LogP contribution in [0, 0.1) is 5.92 Å². The molecule has 8 heteroatoms. The van der Waals surface area contributed by atoms with Crippen LogP contribution in [0.1, 0.15) is 32.6 Å². The Morgan fingerprint density at radius 2 is 2.10 bits per heavy atom. The van der Waals surface area contributed by atoms with Crippen molar-refractivity contribution < 1.29 is 24.3 Å². The Morgan fingerprint density at radius 1 is 1.43 bits per heavy atom. The summed E-state index contributed by atoms with van der Waals surface area (Å²) in [6.45, 7) is 2.44. The number of carboxylic acid groups (broad SMARTS) is 1. The molecule has 0 bridgehead atoms. The van der Waals surface area contributed by atoms with Crippen LogP contribution in [0.3, 0.4) is 0 Å². The number of nitrogens with two attached hydrogens (primary N) is 1. The van der Waals surface area contributed by atoms with E-state index in [2.05, 4.69) is 5.32 Å². The molecule has 1 rings (SSSR count). The van der Waals surface area contributed by atoms with Gasteiger partial charge >= 0.3 is 5.97 Å². The largest absolute Gasteiger partial charge is 0.481 e. The van der Waals surface area contributed by atoms with E-state index in [0.717, 1.165) is 0 Å². The van der Waals surface area contributed by atoms with Crippen molar-refractivity contribution in [1.82, 2.24) is 10.2 Å². The van der Waals surface area contributed by atoms with Gasteiger partial charge in [0.15, 0.2) is 0 Å². The van der Waals surface area contributed by atoms with Crippen molar-refractivity contribution in [2.45, 2.75) is 38.6 Å². The number of likely N-dealkylation sites (tertiary alicyclic amines) is 1. The number of rotatable bonds is 8. The van der Waals surface area contributed by atoms with Gasteiger partial charge in [-0.3, -0.25) is 19.2 Å². The zero-order valence-corrected chi connectivity index (χ0v) is 12.0. The highest BCUT2D eigenvalue weighted by atomic mass is 16.4. The number of hydrogen-bond acceptors (Lipinski definition) is 4. The monoisotopic (exact) mass is 299 g/mol. The molecule has 0 aromatic rings. The third-order valence-corrected chi connectivity index (χ3v) is 3.48. The van der Waals surface area contributed by atoms with Crippen LogP contribution in [0.2, 0.25) is 0 Å². The molecule has 0 radical (unpaired) electrons. The molecule has 1 fully saturated rings. The van der Waals surface area contributed by atoms with Gasteiger partial charge in [-0.15, -0.1) is 0 Å². The molecule has 2 unspecified atom stereocenters. The summed E-state index contributed by atoms with van der Waals surface area (Å²) in [4.78, 5) is 46.4. The summed E-state index contributed by atoms with van der Waals surface area (Å²) in [5.41, 5.74) is 5.27. The summed E-state index contributed by atoms with van der Waals surface area (Å²) >= 11 is 0. The zero-order chi connectivity index (χ0) is 16.0. The molecular formula is C13H21N3O5. The number of primary amides is 1. The predicted octanol–water partition coefficient (Wildman–Crippen LogP) is -0.920. The van der Waals surface area contributed by atoms with E-state index in [1.165, 1.54) is 4.90 Å². The highest BCUT2D eigenvalue weighted by Gasteiger charge is 2.35. The van der Waals surface area contributed by atoms with E-state index in [0.29, 0.717) is 13.0 Å². The minimum absolute atomic E-state index is 0.0836. The Morgan fingerprint density at radius 3 is 2.62 bits per heavy atom. The average molecular weight is 299 g/mol. The van der Waals surface area contributed by atoms with E-state index in [4.69, 9.17) is 10.8 Å². The van der Waals surface area contributed by atoms with Crippen molar-refractivity contribution in [1.29, 1.82) is 0 Å². The first-order chi connectivity index (χ1) is 9.85. The number of carbonyl (C=O) groups excluding carboxylic acids is 3. The highest BCUT2D eigenvalue weighted by molar-refractivity contribution is 5.88. The molecule has 118 valence electrons. The first-order valence-corrected chi connectivity index (χ1v) is 6.92. The van der Waals surface area contributed by atoms with Crippen LogP contribution >= 0.6 is 0 Å². The molecule has 0 aliphatic carbocycles. The van der Waals surface area contributed by atoms with E-state index in [1.54, 1.807) is 6.92 Å². The summed E-state index contributed by atoms with van der Waals surface area (Å²) in [6, 6.07) is -0.606. The maximum Gasteiger partial charge on any atom is 0.303 e. The highest BCUT2D eigenvalue weighted by Crippen LogP contribution is 2.21. The van der Waals surface area contributed by atoms with Crippen LogP contribution in [0.5, 0.6) is 0 Å². The van der Waals surface area contributed by atoms with E-state index in [1.807, 2.05) is 0 Å². The molecule has 1 saturated heterocycles. The van der Waals surface area contributed by atoms with Gasteiger partial charge in [0.05, 0.1) is 6.42 Å². The molecule has 1 aliphatic rings. The SMILES string of the molecule is CCC(C(N)=O)N1CC(CNC(=O)CCC(=O)O)CC1=O. The van der Waals surface area contributed by atoms with E-state index < -0.39 is 17.9 Å². The molecule has 1 aliphatic heterocycles. The predicted molar refractivity (Wildman–Crippen MR) is 73.0 cm³/mol. The zero-order valence-electron chi connectivity index (χ0n) is 12.0. The second kappa shape index (κ2) is 7.61. The van der Waals surface area contributed by atoms with Gasteiger partial charge in [-0.25, -0.2) is 0 Å². The number of carboxylic acids is 1. The standard InChI is InChI=1S/C13H21N3O5/c1-2-9(13(14)21)16-7-8(5-11(16)18)6-15-10(17)3-4-12(19)20/h8-9H,2-7H2,1H3,(H2,14,21)(H,15,17)(H,19,20). The number of hydrogen-bond donors (Lipinski definition) is 3. The van der Waals surface area contributed by atoms with Gasteiger partial charge in [-0.05, 0) is 6.42 Å². The van der Waals surface area contributed by atoms with Crippen molar-refractivity contribution >= 4 is 23.7 Å². The molecule has 8 nitrogen and oxygen atoms in total. The lowest BCUT2D eigenvalue weighted by Gasteiger charge is -2.24. The van der Waals surface area contributed by atoms with Crippen LogP contribution < -0.4 is 11.1 Å². The van der Waals surface area contributed by atoms with Crippen molar-refractivity contribution in [3.05, 3.63) is 0 Å². The molecule has 2 atom stereocenters. The van der Waals surface area contributed by atoms with Crippen molar-refractivity contribution in [3.63, 3.8) is 0 Å². The van der Waals surface area contributed by atoms with Crippen molar-refractivity contribution in [2.24, 2.45) is 11.7 Å². The van der Waals surface area contributed by atoms with E-state index >= 15 is 0 Å². The number of carbonyl (C=O) groups is 4. The molecule has 0 aromatic heterocycles.